The maximum absolute atomic E-state index is 5.44. The molecule has 2 heterocycles. The first-order valence-corrected chi connectivity index (χ1v) is 6.74. The molecule has 0 unspecified atom stereocenters. The second kappa shape index (κ2) is 5.40. The summed E-state index contributed by atoms with van der Waals surface area (Å²) in [5.41, 5.74) is 3.35. The fraction of sp³-hybridized carbons (Fsp3) is 0.0769. The molecule has 0 bridgehead atoms. The zero-order chi connectivity index (χ0) is 13.9. The van der Waals surface area contributed by atoms with E-state index < -0.39 is 0 Å². The molecule has 102 valence electrons. The maximum atomic E-state index is 5.44. The van der Waals surface area contributed by atoms with Crippen LogP contribution in [0.4, 0.5) is 5.82 Å². The van der Waals surface area contributed by atoms with Gasteiger partial charge in [-0.2, -0.15) is 0 Å². The summed E-state index contributed by atoms with van der Waals surface area (Å²) in [5.74, 6) is 6.83. The van der Waals surface area contributed by atoms with Crippen LogP contribution in [0.1, 0.15) is 0 Å². The number of anilines is 1. The Labute approximate surface area is 120 Å². The molecule has 3 rings (SSSR count). The first-order chi connectivity index (χ1) is 9.80. The van der Waals surface area contributed by atoms with Crippen LogP contribution in [0, 0.1) is 0 Å². The Bertz CT molecular complexity index is 742. The molecule has 20 heavy (non-hydrogen) atoms. The molecular formula is C13H13N5OS. The minimum absolute atomic E-state index is 0.584. The van der Waals surface area contributed by atoms with Crippen molar-refractivity contribution in [2.75, 3.05) is 12.5 Å². The van der Waals surface area contributed by atoms with Crippen LogP contribution >= 0.6 is 11.8 Å². The SMILES string of the molecule is COc1cccc(Sc2nc(NN)cn3ccnc23)c1. The van der Waals surface area contributed by atoms with Gasteiger partial charge < -0.3 is 14.6 Å². The van der Waals surface area contributed by atoms with E-state index >= 15 is 0 Å². The van der Waals surface area contributed by atoms with E-state index in [1.165, 1.54) is 11.8 Å². The molecule has 7 heteroatoms. The van der Waals surface area contributed by atoms with Gasteiger partial charge in [-0.25, -0.2) is 15.8 Å². The average Bonchev–Trinajstić information content (AvgIpc) is 2.96. The van der Waals surface area contributed by atoms with Crippen molar-refractivity contribution in [2.24, 2.45) is 5.84 Å². The number of nitrogens with zero attached hydrogens (tertiary/aromatic N) is 3. The monoisotopic (exact) mass is 287 g/mol. The Kier molecular flexibility index (Phi) is 3.44. The number of hydrogen-bond acceptors (Lipinski definition) is 6. The Morgan fingerprint density at radius 2 is 2.30 bits per heavy atom. The summed E-state index contributed by atoms with van der Waals surface area (Å²) in [6, 6.07) is 7.79. The largest absolute Gasteiger partial charge is 0.497 e. The number of aromatic nitrogens is 3. The molecule has 0 amide bonds. The van der Waals surface area contributed by atoms with Gasteiger partial charge in [-0.05, 0) is 18.2 Å². The van der Waals surface area contributed by atoms with E-state index in [9.17, 15) is 0 Å². The molecular weight excluding hydrogens is 274 g/mol. The lowest BCUT2D eigenvalue weighted by Crippen LogP contribution is -2.10. The number of benzene rings is 1. The first-order valence-electron chi connectivity index (χ1n) is 5.92. The molecule has 0 aliphatic heterocycles. The maximum Gasteiger partial charge on any atom is 0.170 e. The number of nitrogens with two attached hydrogens (primary N) is 1. The Balaban J connectivity index is 2.02. The standard InChI is InChI=1S/C13H13N5OS/c1-19-9-3-2-4-10(7-9)20-13-12-15-5-6-18(12)8-11(16-13)17-14/h2-8,17H,14H2,1H3. The summed E-state index contributed by atoms with van der Waals surface area (Å²) in [7, 11) is 1.65. The van der Waals surface area contributed by atoms with Crippen LogP contribution in [0.5, 0.6) is 5.75 Å². The fourth-order valence-corrected chi connectivity index (χ4v) is 2.76. The van der Waals surface area contributed by atoms with Crippen LogP contribution in [-0.2, 0) is 0 Å². The van der Waals surface area contributed by atoms with Gasteiger partial charge in [0.25, 0.3) is 0 Å². The van der Waals surface area contributed by atoms with E-state index in [-0.39, 0.29) is 0 Å². The zero-order valence-corrected chi connectivity index (χ0v) is 11.6. The van der Waals surface area contributed by atoms with Crippen molar-refractivity contribution in [3.05, 3.63) is 42.9 Å². The third kappa shape index (κ3) is 2.40. The highest BCUT2D eigenvalue weighted by atomic mass is 32.2. The van der Waals surface area contributed by atoms with Crippen LogP contribution in [-0.4, -0.2) is 21.5 Å². The van der Waals surface area contributed by atoms with Crippen molar-refractivity contribution < 1.29 is 4.74 Å². The van der Waals surface area contributed by atoms with Crippen molar-refractivity contribution in [2.45, 2.75) is 9.92 Å². The number of rotatable bonds is 4. The predicted octanol–water partition coefficient (Wildman–Crippen LogP) is 2.17. The molecule has 6 nitrogen and oxygen atoms in total. The predicted molar refractivity (Wildman–Crippen MR) is 77.9 cm³/mol. The zero-order valence-electron chi connectivity index (χ0n) is 10.8. The second-order valence-electron chi connectivity index (χ2n) is 4.01. The fourth-order valence-electron chi connectivity index (χ4n) is 1.82. The molecule has 1 aromatic carbocycles. The van der Waals surface area contributed by atoms with Gasteiger partial charge in [0.15, 0.2) is 11.5 Å². The van der Waals surface area contributed by atoms with Crippen LogP contribution < -0.4 is 16.0 Å². The average molecular weight is 287 g/mol. The highest BCUT2D eigenvalue weighted by Crippen LogP contribution is 2.31. The van der Waals surface area contributed by atoms with Gasteiger partial charge >= 0.3 is 0 Å². The van der Waals surface area contributed by atoms with Crippen LogP contribution in [0.3, 0.4) is 0 Å². The topological polar surface area (TPSA) is 77.5 Å². The minimum atomic E-state index is 0.584. The molecule has 0 saturated heterocycles. The van der Waals surface area contributed by atoms with Gasteiger partial charge in [-0.3, -0.25) is 0 Å². The number of fused-ring (bicyclic) bond motifs is 1. The number of imidazole rings is 1. The lowest BCUT2D eigenvalue weighted by atomic mass is 10.3. The smallest absolute Gasteiger partial charge is 0.170 e. The number of hydrazine groups is 1. The van der Waals surface area contributed by atoms with Crippen LogP contribution in [0.25, 0.3) is 5.65 Å². The van der Waals surface area contributed by atoms with E-state index in [1.54, 1.807) is 19.5 Å². The molecule has 0 spiro atoms. The van der Waals surface area contributed by atoms with Crippen molar-refractivity contribution in [1.82, 2.24) is 14.4 Å². The molecule has 3 aromatic rings. The van der Waals surface area contributed by atoms with Crippen molar-refractivity contribution >= 4 is 23.2 Å². The third-order valence-electron chi connectivity index (χ3n) is 2.75. The van der Waals surface area contributed by atoms with Gasteiger partial charge in [0, 0.05) is 17.3 Å². The lowest BCUT2D eigenvalue weighted by molar-refractivity contribution is 0.413. The van der Waals surface area contributed by atoms with Gasteiger partial charge in [-0.15, -0.1) is 0 Å². The van der Waals surface area contributed by atoms with E-state index in [0.29, 0.717) is 5.82 Å². The van der Waals surface area contributed by atoms with E-state index in [0.717, 1.165) is 21.3 Å². The van der Waals surface area contributed by atoms with Gasteiger partial charge in [-0.1, -0.05) is 17.8 Å². The van der Waals surface area contributed by atoms with Crippen LogP contribution in [0.15, 0.2) is 52.8 Å². The highest BCUT2D eigenvalue weighted by Gasteiger charge is 2.09. The molecule has 0 radical (unpaired) electrons. The summed E-state index contributed by atoms with van der Waals surface area (Å²) in [6.45, 7) is 0. The van der Waals surface area contributed by atoms with E-state index in [2.05, 4.69) is 15.4 Å². The van der Waals surface area contributed by atoms with Crippen molar-refractivity contribution in [3.8, 4) is 5.75 Å². The van der Waals surface area contributed by atoms with Gasteiger partial charge in [0.1, 0.15) is 10.8 Å². The minimum Gasteiger partial charge on any atom is -0.497 e. The van der Waals surface area contributed by atoms with Crippen molar-refractivity contribution in [3.63, 3.8) is 0 Å². The summed E-state index contributed by atoms with van der Waals surface area (Å²) < 4.78 is 7.10. The Hall–Kier alpha value is -2.25. The number of nitrogens with one attached hydrogen (secondary N) is 1. The van der Waals surface area contributed by atoms with Gasteiger partial charge in [0.05, 0.1) is 13.3 Å². The van der Waals surface area contributed by atoms with E-state index in [1.807, 2.05) is 34.9 Å². The Morgan fingerprint density at radius 1 is 1.40 bits per heavy atom. The molecule has 0 fully saturated rings. The quantitative estimate of drug-likeness (QED) is 0.565. The lowest BCUT2D eigenvalue weighted by Gasteiger charge is -2.07. The van der Waals surface area contributed by atoms with Gasteiger partial charge in [0.2, 0.25) is 0 Å². The highest BCUT2D eigenvalue weighted by molar-refractivity contribution is 7.99. The Morgan fingerprint density at radius 3 is 3.10 bits per heavy atom. The first kappa shape index (κ1) is 12.8. The molecule has 0 atom stereocenters. The number of hydrogen-bond donors (Lipinski definition) is 2. The summed E-state index contributed by atoms with van der Waals surface area (Å²) in [5, 5.41) is 0.777. The summed E-state index contributed by atoms with van der Waals surface area (Å²) >= 11 is 1.51. The third-order valence-corrected chi connectivity index (χ3v) is 3.70. The summed E-state index contributed by atoms with van der Waals surface area (Å²) in [4.78, 5) is 9.78. The van der Waals surface area contributed by atoms with E-state index in [4.69, 9.17) is 10.6 Å². The molecule has 3 N–H and O–H groups in total. The molecule has 0 saturated carbocycles. The second-order valence-corrected chi connectivity index (χ2v) is 5.08. The molecule has 0 aliphatic carbocycles. The molecule has 2 aromatic heterocycles. The normalized spacial score (nSPS) is 10.7. The summed E-state index contributed by atoms with van der Waals surface area (Å²) in [6.07, 6.45) is 5.37. The molecule has 0 aliphatic rings. The number of ether oxygens (including phenoxy) is 1. The van der Waals surface area contributed by atoms with Crippen molar-refractivity contribution in [1.29, 1.82) is 0 Å². The number of methoxy groups -OCH3 is 1. The van der Waals surface area contributed by atoms with Crippen LogP contribution in [0.2, 0.25) is 0 Å². The number of nitrogen functional groups attached to an aromatic ring is 1.